The monoisotopic (exact) mass is 282 g/mol. The second kappa shape index (κ2) is 10.2. The molecule has 114 valence electrons. The second-order valence-electron chi connectivity index (χ2n) is 4.90. The lowest BCUT2D eigenvalue weighted by Gasteiger charge is -2.12. The standard InChI is InChI=1S/C16H26O4/c1-6-13(4)15(17)19-10-8-12(3)9-11-20-16(18)14(5)7-2/h6-7,12H,8-11H2,1-5H3. The van der Waals surface area contributed by atoms with Crippen LogP contribution in [-0.4, -0.2) is 25.2 Å². The van der Waals surface area contributed by atoms with Crippen molar-refractivity contribution < 1.29 is 19.1 Å². The van der Waals surface area contributed by atoms with E-state index in [-0.39, 0.29) is 11.9 Å². The Kier molecular flexibility index (Phi) is 9.43. The van der Waals surface area contributed by atoms with Gasteiger partial charge in [0.15, 0.2) is 0 Å². The normalized spacial score (nSPS) is 13.8. The molecule has 0 spiro atoms. The van der Waals surface area contributed by atoms with Crippen molar-refractivity contribution in [2.45, 2.75) is 47.5 Å². The molecule has 0 amide bonds. The van der Waals surface area contributed by atoms with E-state index < -0.39 is 0 Å². The third-order valence-electron chi connectivity index (χ3n) is 3.20. The summed E-state index contributed by atoms with van der Waals surface area (Å²) >= 11 is 0. The van der Waals surface area contributed by atoms with E-state index in [1.165, 1.54) is 0 Å². The molecule has 0 saturated heterocycles. The third kappa shape index (κ3) is 7.77. The number of hydrogen-bond donors (Lipinski definition) is 0. The Bertz CT molecular complexity index is 344. The Morgan fingerprint density at radius 3 is 1.55 bits per heavy atom. The predicted molar refractivity (Wildman–Crippen MR) is 79.2 cm³/mol. The van der Waals surface area contributed by atoms with Crippen LogP contribution in [0.3, 0.4) is 0 Å². The van der Waals surface area contributed by atoms with E-state index in [9.17, 15) is 9.59 Å². The summed E-state index contributed by atoms with van der Waals surface area (Å²) in [6.45, 7) is 9.91. The number of ether oxygens (including phenoxy) is 2. The molecule has 0 aliphatic rings. The molecular formula is C16H26O4. The molecule has 0 unspecified atom stereocenters. The molecule has 20 heavy (non-hydrogen) atoms. The lowest BCUT2D eigenvalue weighted by atomic mass is 10.1. The molecule has 0 aromatic heterocycles. The number of rotatable bonds is 8. The first-order valence-electron chi connectivity index (χ1n) is 7.02. The van der Waals surface area contributed by atoms with Crippen molar-refractivity contribution in [2.75, 3.05) is 13.2 Å². The van der Waals surface area contributed by atoms with Gasteiger partial charge in [0, 0.05) is 11.1 Å². The minimum atomic E-state index is -0.269. The molecule has 4 heteroatoms. The fraction of sp³-hybridized carbons (Fsp3) is 0.625. The van der Waals surface area contributed by atoms with Crippen LogP contribution in [-0.2, 0) is 19.1 Å². The molecular weight excluding hydrogens is 256 g/mol. The van der Waals surface area contributed by atoms with Crippen molar-refractivity contribution >= 4 is 11.9 Å². The maximum Gasteiger partial charge on any atom is 0.333 e. The zero-order valence-electron chi connectivity index (χ0n) is 13.2. The first-order valence-corrected chi connectivity index (χ1v) is 7.02. The molecule has 0 aromatic rings. The van der Waals surface area contributed by atoms with Gasteiger partial charge in [0.05, 0.1) is 13.2 Å². The van der Waals surface area contributed by atoms with Gasteiger partial charge >= 0.3 is 11.9 Å². The van der Waals surface area contributed by atoms with Crippen LogP contribution < -0.4 is 0 Å². The Morgan fingerprint density at radius 1 is 0.900 bits per heavy atom. The molecule has 0 heterocycles. The summed E-state index contributed by atoms with van der Waals surface area (Å²) in [5.74, 6) is -0.197. The van der Waals surface area contributed by atoms with Crippen LogP contribution in [0.2, 0.25) is 0 Å². The average Bonchev–Trinajstić information content (AvgIpc) is 2.44. The average molecular weight is 282 g/mol. The first-order chi connectivity index (χ1) is 9.42. The lowest BCUT2D eigenvalue weighted by molar-refractivity contribution is -0.139. The molecule has 0 aliphatic carbocycles. The Labute approximate surface area is 121 Å². The second-order valence-corrected chi connectivity index (χ2v) is 4.90. The maximum atomic E-state index is 11.4. The Balaban J connectivity index is 3.78. The van der Waals surface area contributed by atoms with Crippen LogP contribution in [0.4, 0.5) is 0 Å². The molecule has 4 nitrogen and oxygen atoms in total. The van der Waals surface area contributed by atoms with Gasteiger partial charge in [0.2, 0.25) is 0 Å². The van der Waals surface area contributed by atoms with Crippen LogP contribution in [0.5, 0.6) is 0 Å². The number of allylic oxidation sites excluding steroid dienone is 2. The molecule has 0 fully saturated rings. The summed E-state index contributed by atoms with van der Waals surface area (Å²) in [4.78, 5) is 22.8. The van der Waals surface area contributed by atoms with Crippen molar-refractivity contribution in [2.24, 2.45) is 5.92 Å². The van der Waals surface area contributed by atoms with Gasteiger partial charge in [0.1, 0.15) is 0 Å². The lowest BCUT2D eigenvalue weighted by Crippen LogP contribution is -2.12. The van der Waals surface area contributed by atoms with E-state index in [1.54, 1.807) is 39.8 Å². The highest BCUT2D eigenvalue weighted by atomic mass is 16.5. The minimum absolute atomic E-state index is 0.269. The van der Waals surface area contributed by atoms with Crippen LogP contribution in [0.25, 0.3) is 0 Å². The third-order valence-corrected chi connectivity index (χ3v) is 3.20. The molecule has 0 atom stereocenters. The van der Waals surface area contributed by atoms with Gasteiger partial charge in [-0.2, -0.15) is 0 Å². The van der Waals surface area contributed by atoms with Gasteiger partial charge in [0.25, 0.3) is 0 Å². The van der Waals surface area contributed by atoms with E-state index in [2.05, 4.69) is 0 Å². The fourth-order valence-electron chi connectivity index (χ4n) is 1.31. The van der Waals surface area contributed by atoms with Crippen molar-refractivity contribution in [3.05, 3.63) is 23.3 Å². The van der Waals surface area contributed by atoms with E-state index in [1.807, 2.05) is 6.92 Å². The van der Waals surface area contributed by atoms with Crippen LogP contribution >= 0.6 is 0 Å². The predicted octanol–water partition coefficient (Wildman–Crippen LogP) is 3.42. The Hall–Kier alpha value is -1.58. The zero-order chi connectivity index (χ0) is 15.5. The quantitative estimate of drug-likeness (QED) is 0.505. The van der Waals surface area contributed by atoms with Gasteiger partial charge in [-0.15, -0.1) is 0 Å². The summed E-state index contributed by atoms with van der Waals surface area (Å²) in [7, 11) is 0. The smallest absolute Gasteiger partial charge is 0.333 e. The summed E-state index contributed by atoms with van der Waals surface area (Å²) < 4.78 is 10.2. The largest absolute Gasteiger partial charge is 0.462 e. The maximum absolute atomic E-state index is 11.4. The fourth-order valence-corrected chi connectivity index (χ4v) is 1.31. The molecule has 0 radical (unpaired) electrons. The zero-order valence-corrected chi connectivity index (χ0v) is 13.2. The first kappa shape index (κ1) is 18.4. The van der Waals surface area contributed by atoms with E-state index in [0.29, 0.717) is 30.3 Å². The number of esters is 2. The van der Waals surface area contributed by atoms with Crippen molar-refractivity contribution in [1.29, 1.82) is 0 Å². The summed E-state index contributed by atoms with van der Waals surface area (Å²) in [5, 5.41) is 0. The summed E-state index contributed by atoms with van der Waals surface area (Å²) in [6, 6.07) is 0. The van der Waals surface area contributed by atoms with Crippen molar-refractivity contribution in [1.82, 2.24) is 0 Å². The molecule has 0 saturated carbocycles. The van der Waals surface area contributed by atoms with E-state index in [4.69, 9.17) is 9.47 Å². The molecule has 0 bridgehead atoms. The molecule has 0 rings (SSSR count). The van der Waals surface area contributed by atoms with Gasteiger partial charge in [-0.3, -0.25) is 0 Å². The van der Waals surface area contributed by atoms with Gasteiger partial charge < -0.3 is 9.47 Å². The highest BCUT2D eigenvalue weighted by molar-refractivity contribution is 5.87. The van der Waals surface area contributed by atoms with Crippen LogP contribution in [0.15, 0.2) is 23.3 Å². The van der Waals surface area contributed by atoms with Crippen molar-refractivity contribution in [3.63, 3.8) is 0 Å². The van der Waals surface area contributed by atoms with Crippen LogP contribution in [0.1, 0.15) is 47.5 Å². The SMILES string of the molecule is CC=C(C)C(=O)OCCC(C)CCOC(=O)C(C)=CC. The minimum Gasteiger partial charge on any atom is -0.462 e. The van der Waals surface area contributed by atoms with Gasteiger partial charge in [-0.05, 0) is 46.5 Å². The molecule has 0 N–H and O–H groups in total. The molecule has 0 aromatic carbocycles. The highest BCUT2D eigenvalue weighted by Crippen LogP contribution is 2.09. The number of carbonyl (C=O) groups excluding carboxylic acids is 2. The number of hydrogen-bond acceptors (Lipinski definition) is 4. The van der Waals surface area contributed by atoms with Gasteiger partial charge in [-0.25, -0.2) is 9.59 Å². The van der Waals surface area contributed by atoms with E-state index in [0.717, 1.165) is 12.8 Å². The van der Waals surface area contributed by atoms with Crippen LogP contribution in [0, 0.1) is 5.92 Å². The summed E-state index contributed by atoms with van der Waals surface area (Å²) in [6.07, 6.45) is 5.00. The highest BCUT2D eigenvalue weighted by Gasteiger charge is 2.09. The van der Waals surface area contributed by atoms with Gasteiger partial charge in [-0.1, -0.05) is 19.1 Å². The molecule has 0 aliphatic heterocycles. The van der Waals surface area contributed by atoms with E-state index >= 15 is 0 Å². The Morgan fingerprint density at radius 2 is 1.25 bits per heavy atom. The number of carbonyl (C=O) groups is 2. The topological polar surface area (TPSA) is 52.6 Å². The van der Waals surface area contributed by atoms with Crippen molar-refractivity contribution in [3.8, 4) is 0 Å². The summed E-state index contributed by atoms with van der Waals surface area (Å²) in [5.41, 5.74) is 1.24.